The standard InChI is InChI=1S/C26H27ClN2O4/c1-7-32-26(31)28(6)15-33-22-14-29(16(2)3)25(30)24(22)23-17(4)12-20(13-18(23)5)19-8-10-21(27)11-9-19/h1,8-13,16H,14-15H2,2-6H3. The van der Waals surface area contributed by atoms with Gasteiger partial charge >= 0.3 is 6.09 Å². The van der Waals surface area contributed by atoms with Crippen molar-refractivity contribution < 1.29 is 19.1 Å². The van der Waals surface area contributed by atoms with E-state index in [0.29, 0.717) is 22.9 Å². The first-order valence-electron chi connectivity index (χ1n) is 10.6. The molecule has 0 N–H and O–H groups in total. The molecule has 2 aromatic carbocycles. The summed E-state index contributed by atoms with van der Waals surface area (Å²) in [5, 5.41) is 0.678. The van der Waals surface area contributed by atoms with E-state index in [4.69, 9.17) is 22.8 Å². The number of halogens is 1. The van der Waals surface area contributed by atoms with E-state index < -0.39 is 6.09 Å². The minimum Gasteiger partial charge on any atom is -0.475 e. The molecule has 0 aliphatic carbocycles. The van der Waals surface area contributed by atoms with Gasteiger partial charge in [-0.3, -0.25) is 9.69 Å². The Balaban J connectivity index is 2.00. The number of nitrogens with zero attached hydrogens (tertiary/aromatic N) is 2. The third-order valence-corrected chi connectivity index (χ3v) is 5.79. The molecule has 1 aliphatic rings. The monoisotopic (exact) mass is 466 g/mol. The van der Waals surface area contributed by atoms with Crippen LogP contribution in [0.25, 0.3) is 16.7 Å². The zero-order valence-corrected chi connectivity index (χ0v) is 20.2. The molecule has 1 heterocycles. The fraction of sp³-hybridized carbons (Fsp3) is 0.308. The van der Waals surface area contributed by atoms with Crippen LogP contribution in [0.3, 0.4) is 0 Å². The van der Waals surface area contributed by atoms with Gasteiger partial charge in [0.15, 0.2) is 6.73 Å². The summed E-state index contributed by atoms with van der Waals surface area (Å²) >= 11 is 6.03. The van der Waals surface area contributed by atoms with Gasteiger partial charge in [-0.1, -0.05) is 42.3 Å². The smallest absolute Gasteiger partial charge is 0.426 e. The number of carbonyl (C=O) groups excluding carboxylic acids is 2. The number of ether oxygens (including phenoxy) is 2. The van der Waals surface area contributed by atoms with Gasteiger partial charge < -0.3 is 14.4 Å². The Hall–Kier alpha value is -3.43. The molecule has 0 radical (unpaired) electrons. The highest BCUT2D eigenvalue weighted by Gasteiger charge is 2.36. The molecule has 7 heteroatoms. The van der Waals surface area contributed by atoms with Crippen LogP contribution >= 0.6 is 11.6 Å². The number of hydrogen-bond acceptors (Lipinski definition) is 4. The third kappa shape index (κ3) is 5.15. The predicted octanol–water partition coefficient (Wildman–Crippen LogP) is 5.22. The largest absolute Gasteiger partial charge is 0.475 e. The van der Waals surface area contributed by atoms with Gasteiger partial charge in [0.25, 0.3) is 5.91 Å². The molecule has 0 fully saturated rings. The summed E-state index contributed by atoms with van der Waals surface area (Å²) in [6.45, 7) is 8.10. The first-order valence-corrected chi connectivity index (χ1v) is 10.9. The maximum Gasteiger partial charge on any atom is 0.426 e. The van der Waals surface area contributed by atoms with E-state index in [1.165, 1.54) is 11.9 Å². The lowest BCUT2D eigenvalue weighted by molar-refractivity contribution is -0.125. The molecule has 0 bridgehead atoms. The Bertz CT molecular complexity index is 1120. The van der Waals surface area contributed by atoms with Gasteiger partial charge in [0.2, 0.25) is 0 Å². The molecule has 0 unspecified atom stereocenters. The summed E-state index contributed by atoms with van der Waals surface area (Å²) in [6, 6.07) is 11.7. The number of benzene rings is 2. The molecule has 0 saturated heterocycles. The number of carbonyl (C=O) groups is 2. The van der Waals surface area contributed by atoms with Gasteiger partial charge in [-0.05, 0) is 67.6 Å². The van der Waals surface area contributed by atoms with Gasteiger partial charge in [-0.15, -0.1) is 0 Å². The zero-order valence-electron chi connectivity index (χ0n) is 19.4. The normalized spacial score (nSPS) is 13.4. The second-order valence-corrected chi connectivity index (χ2v) is 8.71. The molecule has 0 saturated carbocycles. The average Bonchev–Trinajstić information content (AvgIpc) is 3.08. The second kappa shape index (κ2) is 10.0. The fourth-order valence-corrected chi connectivity index (χ4v) is 4.00. The molecule has 1 aliphatic heterocycles. The van der Waals surface area contributed by atoms with Crippen molar-refractivity contribution in [3.8, 4) is 23.7 Å². The second-order valence-electron chi connectivity index (χ2n) is 8.27. The van der Waals surface area contributed by atoms with Crippen molar-refractivity contribution in [2.75, 3.05) is 20.3 Å². The van der Waals surface area contributed by atoms with Crippen molar-refractivity contribution in [1.29, 1.82) is 0 Å². The van der Waals surface area contributed by atoms with Crippen LogP contribution < -0.4 is 0 Å². The molecule has 172 valence electrons. The summed E-state index contributed by atoms with van der Waals surface area (Å²) < 4.78 is 10.5. The van der Waals surface area contributed by atoms with Gasteiger partial charge in [0.05, 0.1) is 12.1 Å². The Morgan fingerprint density at radius 3 is 2.33 bits per heavy atom. The van der Waals surface area contributed by atoms with Crippen molar-refractivity contribution in [3.05, 3.63) is 63.9 Å². The molecular weight excluding hydrogens is 440 g/mol. The maximum absolute atomic E-state index is 13.4. The van der Waals surface area contributed by atoms with Crippen molar-refractivity contribution in [2.24, 2.45) is 0 Å². The Morgan fingerprint density at radius 2 is 1.79 bits per heavy atom. The SMILES string of the molecule is C#COC(=O)N(C)COC1=C(c2c(C)cc(-c3ccc(Cl)cc3)cc2C)C(=O)N(C(C)C)C1. The molecule has 0 spiro atoms. The summed E-state index contributed by atoms with van der Waals surface area (Å²) in [5.74, 6) is 0.416. The lowest BCUT2D eigenvalue weighted by atomic mass is 9.91. The van der Waals surface area contributed by atoms with Gasteiger partial charge in [-0.25, -0.2) is 4.79 Å². The summed E-state index contributed by atoms with van der Waals surface area (Å²) in [5.41, 5.74) is 5.34. The Morgan fingerprint density at radius 1 is 1.18 bits per heavy atom. The van der Waals surface area contributed by atoms with Crippen LogP contribution in [-0.2, 0) is 14.3 Å². The lowest BCUT2D eigenvalue weighted by Crippen LogP contribution is -2.34. The van der Waals surface area contributed by atoms with Crippen LogP contribution in [0.1, 0.15) is 30.5 Å². The molecule has 33 heavy (non-hydrogen) atoms. The Kier molecular flexibility index (Phi) is 7.35. The maximum atomic E-state index is 13.4. The van der Waals surface area contributed by atoms with E-state index in [1.807, 2.05) is 58.1 Å². The summed E-state index contributed by atoms with van der Waals surface area (Å²) in [4.78, 5) is 28.1. The third-order valence-electron chi connectivity index (χ3n) is 5.54. The first kappa shape index (κ1) is 24.2. The quantitative estimate of drug-likeness (QED) is 0.432. The molecule has 3 rings (SSSR count). The summed E-state index contributed by atoms with van der Waals surface area (Å²) in [6.07, 6.45) is 6.16. The number of rotatable bonds is 6. The topological polar surface area (TPSA) is 59.1 Å². The molecule has 0 aromatic heterocycles. The van der Waals surface area contributed by atoms with E-state index in [0.717, 1.165) is 27.8 Å². The van der Waals surface area contributed by atoms with Crippen molar-refractivity contribution in [2.45, 2.75) is 33.7 Å². The van der Waals surface area contributed by atoms with Crippen LogP contribution in [0.4, 0.5) is 4.79 Å². The van der Waals surface area contributed by atoms with Crippen molar-refractivity contribution >= 4 is 29.2 Å². The van der Waals surface area contributed by atoms with Gasteiger partial charge in [0, 0.05) is 18.1 Å². The number of aryl methyl sites for hydroxylation is 2. The molecule has 2 aromatic rings. The van der Waals surface area contributed by atoms with Crippen LogP contribution in [0.5, 0.6) is 0 Å². The van der Waals surface area contributed by atoms with Gasteiger partial charge in [-0.2, -0.15) is 0 Å². The summed E-state index contributed by atoms with van der Waals surface area (Å²) in [7, 11) is 1.51. The Labute approximate surface area is 199 Å². The minimum absolute atomic E-state index is 0.00770. The number of hydrogen-bond donors (Lipinski definition) is 0. The molecule has 0 atom stereocenters. The van der Waals surface area contributed by atoms with Crippen LogP contribution in [-0.4, -0.2) is 48.2 Å². The number of terminal acetylenes is 1. The molecule has 2 amide bonds. The van der Waals surface area contributed by atoms with Crippen molar-refractivity contribution in [3.63, 3.8) is 0 Å². The average molecular weight is 467 g/mol. The zero-order chi connectivity index (χ0) is 24.3. The highest BCUT2D eigenvalue weighted by molar-refractivity contribution is 6.30. The molecular formula is C26H27ClN2O4. The van der Waals surface area contributed by atoms with Crippen molar-refractivity contribution in [1.82, 2.24) is 9.80 Å². The van der Waals surface area contributed by atoms with E-state index in [9.17, 15) is 9.59 Å². The van der Waals surface area contributed by atoms with Crippen LogP contribution in [0, 0.1) is 26.4 Å². The van der Waals surface area contributed by atoms with Crippen LogP contribution in [0.2, 0.25) is 5.02 Å². The van der Waals surface area contributed by atoms with E-state index in [2.05, 4.69) is 16.9 Å². The lowest BCUT2D eigenvalue weighted by Gasteiger charge is -2.22. The molecule has 6 nitrogen and oxygen atoms in total. The highest BCUT2D eigenvalue weighted by Crippen LogP contribution is 2.36. The first-order chi connectivity index (χ1) is 15.6. The van der Waals surface area contributed by atoms with E-state index >= 15 is 0 Å². The van der Waals surface area contributed by atoms with Crippen LogP contribution in [0.15, 0.2) is 42.2 Å². The fourth-order valence-electron chi connectivity index (χ4n) is 3.87. The number of amides is 2. The highest BCUT2D eigenvalue weighted by atomic mass is 35.5. The van der Waals surface area contributed by atoms with Gasteiger partial charge in [0.1, 0.15) is 11.9 Å². The van der Waals surface area contributed by atoms with E-state index in [1.54, 1.807) is 4.90 Å². The predicted molar refractivity (Wildman–Crippen MR) is 129 cm³/mol. The minimum atomic E-state index is -0.704. The van der Waals surface area contributed by atoms with E-state index in [-0.39, 0.29) is 18.7 Å².